The molecule has 0 aromatic heterocycles. The molecule has 0 bridgehead atoms. The van der Waals surface area contributed by atoms with E-state index in [-0.39, 0.29) is 0 Å². The van der Waals surface area contributed by atoms with Gasteiger partial charge in [0.05, 0.1) is 16.7 Å². The molecule has 138 valence electrons. The van der Waals surface area contributed by atoms with Gasteiger partial charge >= 0.3 is 17.9 Å². The summed E-state index contributed by atoms with van der Waals surface area (Å²) in [5.41, 5.74) is -4.54. The lowest BCUT2D eigenvalue weighted by Gasteiger charge is -2.16. The molecule has 0 atom stereocenters. The number of rotatable bonds is 4. The van der Waals surface area contributed by atoms with Crippen molar-refractivity contribution in [1.82, 2.24) is 0 Å². The highest BCUT2D eigenvalue weighted by atomic mass is 32.2. The van der Waals surface area contributed by atoms with E-state index in [0.29, 0.717) is 6.07 Å². The third-order valence-electron chi connectivity index (χ3n) is 3.38. The van der Waals surface area contributed by atoms with Gasteiger partial charge in [0.25, 0.3) is 10.1 Å². The van der Waals surface area contributed by atoms with Gasteiger partial charge < -0.3 is 30.6 Å². The van der Waals surface area contributed by atoms with Gasteiger partial charge in [0.1, 0.15) is 4.90 Å². The molecule has 2 rings (SSSR count). The van der Waals surface area contributed by atoms with Crippen LogP contribution in [0.2, 0.25) is 0 Å². The highest BCUT2D eigenvalue weighted by Crippen LogP contribution is 2.46. The summed E-state index contributed by atoms with van der Waals surface area (Å²) in [4.78, 5) is 32.8. The maximum absolute atomic E-state index is 11.7. The Morgan fingerprint density at radius 1 is 0.769 bits per heavy atom. The minimum Gasteiger partial charge on any atom is -0.504 e. The molecule has 0 fully saturated rings. The third-order valence-corrected chi connectivity index (χ3v) is 4.32. The van der Waals surface area contributed by atoms with Crippen LogP contribution in [0.3, 0.4) is 0 Å². The largest absolute Gasteiger partial charge is 0.504 e. The highest BCUT2D eigenvalue weighted by Gasteiger charge is 2.37. The zero-order chi connectivity index (χ0) is 20.1. The molecular weight excluding hydrogens is 380 g/mol. The monoisotopic (exact) mass is 388 g/mol. The number of carboxylic acid groups (broad SMARTS) is 3. The van der Waals surface area contributed by atoms with E-state index in [1.54, 1.807) is 0 Å². The Kier molecular flexibility index (Phi) is 4.15. The Balaban J connectivity index is 3.50. The summed E-state index contributed by atoms with van der Waals surface area (Å²) in [6, 6.07) is 0.359. The van der Waals surface area contributed by atoms with Crippen molar-refractivity contribution in [2.75, 3.05) is 0 Å². The van der Waals surface area contributed by atoms with Crippen LogP contribution in [0.5, 0.6) is 17.2 Å². The number of aromatic carboxylic acids is 3. The van der Waals surface area contributed by atoms with Crippen LogP contribution in [0.25, 0.3) is 10.8 Å². The quantitative estimate of drug-likeness (QED) is 0.277. The average Bonchev–Trinajstić information content (AvgIpc) is 2.48. The molecule has 7 N–H and O–H groups in total. The van der Waals surface area contributed by atoms with E-state index in [4.69, 9.17) is 0 Å². The van der Waals surface area contributed by atoms with Crippen molar-refractivity contribution < 1.29 is 58.0 Å². The maximum atomic E-state index is 11.7. The van der Waals surface area contributed by atoms with Crippen molar-refractivity contribution in [3.8, 4) is 17.2 Å². The molecule has 0 amide bonds. The molecule has 12 nitrogen and oxygen atoms in total. The van der Waals surface area contributed by atoms with Crippen molar-refractivity contribution >= 4 is 38.8 Å². The first-order chi connectivity index (χ1) is 11.8. The molecule has 0 saturated carbocycles. The predicted octanol–water partition coefficient (Wildman–Crippen LogP) is 0.298. The van der Waals surface area contributed by atoms with E-state index in [0.717, 1.165) is 0 Å². The molecule has 0 radical (unpaired) electrons. The lowest BCUT2D eigenvalue weighted by Crippen LogP contribution is -2.20. The molecule has 0 unspecified atom stereocenters. The fourth-order valence-electron chi connectivity index (χ4n) is 2.47. The van der Waals surface area contributed by atoms with E-state index in [1.165, 1.54) is 0 Å². The average molecular weight is 388 g/mol. The second kappa shape index (κ2) is 5.75. The SMILES string of the molecule is O=C(O)c1c(C(=O)O)c(C(=O)O)c2c(O)c(O)c(O)cc2c1S(=O)(=O)O. The summed E-state index contributed by atoms with van der Waals surface area (Å²) in [6.07, 6.45) is 0. The first-order valence-electron chi connectivity index (χ1n) is 6.25. The van der Waals surface area contributed by atoms with Gasteiger partial charge in [-0.2, -0.15) is 8.42 Å². The van der Waals surface area contributed by atoms with E-state index < -0.39 is 77.6 Å². The topological polar surface area (TPSA) is 227 Å². The summed E-state index contributed by atoms with van der Waals surface area (Å²) in [5, 5.41) is 54.5. The molecule has 2 aromatic rings. The number of hydrogen-bond acceptors (Lipinski definition) is 8. The number of carboxylic acids is 3. The Hall–Kier alpha value is -3.58. The maximum Gasteiger partial charge on any atom is 0.338 e. The van der Waals surface area contributed by atoms with Crippen molar-refractivity contribution in [3.05, 3.63) is 22.8 Å². The van der Waals surface area contributed by atoms with Crippen LogP contribution in [0.4, 0.5) is 0 Å². The van der Waals surface area contributed by atoms with Gasteiger partial charge in [-0.15, -0.1) is 0 Å². The fraction of sp³-hybridized carbons (Fsp3) is 0. The number of carbonyl (C=O) groups is 3. The Labute approximate surface area is 142 Å². The standard InChI is InChI=1S/C13H8O12S/c14-3-1-2-4(9(16)8(3)15)5(11(17)18)6(12(19)20)7(13(21)22)10(2)26(23,24)25/h1,14-16H,(H,17,18)(H,19,20)(H,21,22)(H,23,24,25). The van der Waals surface area contributed by atoms with Gasteiger partial charge in [-0.25, -0.2) is 14.4 Å². The number of hydrogen-bond donors (Lipinski definition) is 7. The van der Waals surface area contributed by atoms with Gasteiger partial charge in [-0.3, -0.25) is 4.55 Å². The van der Waals surface area contributed by atoms with Crippen LogP contribution >= 0.6 is 0 Å². The predicted molar refractivity (Wildman–Crippen MR) is 79.6 cm³/mol. The zero-order valence-electron chi connectivity index (χ0n) is 12.2. The van der Waals surface area contributed by atoms with Crippen LogP contribution in [-0.2, 0) is 10.1 Å². The Bertz CT molecular complexity index is 1110. The van der Waals surface area contributed by atoms with E-state index >= 15 is 0 Å². The molecule has 0 saturated heterocycles. The number of aromatic hydroxyl groups is 3. The number of phenolic OH excluding ortho intramolecular Hbond substituents is 3. The molecule has 0 aliphatic rings. The zero-order valence-corrected chi connectivity index (χ0v) is 13.0. The molecule has 0 aliphatic carbocycles. The molecule has 0 spiro atoms. The number of fused-ring (bicyclic) bond motifs is 1. The molecule has 0 aliphatic heterocycles. The molecule has 0 heterocycles. The van der Waals surface area contributed by atoms with Crippen LogP contribution in [0.15, 0.2) is 11.0 Å². The van der Waals surface area contributed by atoms with Crippen molar-refractivity contribution in [2.24, 2.45) is 0 Å². The Morgan fingerprint density at radius 3 is 1.62 bits per heavy atom. The van der Waals surface area contributed by atoms with E-state index in [1.807, 2.05) is 0 Å². The van der Waals surface area contributed by atoms with Crippen molar-refractivity contribution in [1.29, 1.82) is 0 Å². The lowest BCUT2D eigenvalue weighted by molar-refractivity contribution is 0.0632. The first kappa shape index (κ1) is 18.8. The highest BCUT2D eigenvalue weighted by molar-refractivity contribution is 7.86. The van der Waals surface area contributed by atoms with Gasteiger partial charge in [0.2, 0.25) is 5.75 Å². The summed E-state index contributed by atoms with van der Waals surface area (Å²) in [7, 11) is -5.49. The summed E-state index contributed by atoms with van der Waals surface area (Å²) in [6.45, 7) is 0. The van der Waals surface area contributed by atoms with Gasteiger partial charge in [0, 0.05) is 10.8 Å². The molecule has 13 heteroatoms. The van der Waals surface area contributed by atoms with Crippen molar-refractivity contribution in [2.45, 2.75) is 4.90 Å². The van der Waals surface area contributed by atoms with E-state index in [9.17, 15) is 58.0 Å². The normalized spacial score (nSPS) is 11.4. The smallest absolute Gasteiger partial charge is 0.338 e. The minimum atomic E-state index is -5.49. The van der Waals surface area contributed by atoms with Crippen molar-refractivity contribution in [3.63, 3.8) is 0 Å². The van der Waals surface area contributed by atoms with Crippen LogP contribution < -0.4 is 0 Å². The second-order valence-corrected chi connectivity index (χ2v) is 6.22. The first-order valence-corrected chi connectivity index (χ1v) is 7.69. The summed E-state index contributed by atoms with van der Waals surface area (Å²) in [5.74, 6) is -10.4. The second-order valence-electron chi connectivity index (χ2n) is 4.86. The lowest BCUT2D eigenvalue weighted by atomic mass is 9.92. The van der Waals surface area contributed by atoms with Crippen LogP contribution in [0, 0.1) is 0 Å². The van der Waals surface area contributed by atoms with Crippen LogP contribution in [-0.4, -0.2) is 61.5 Å². The molecular formula is C13H8O12S. The van der Waals surface area contributed by atoms with Crippen LogP contribution in [0.1, 0.15) is 31.1 Å². The molecule has 2 aromatic carbocycles. The Morgan fingerprint density at radius 2 is 1.23 bits per heavy atom. The van der Waals surface area contributed by atoms with E-state index in [2.05, 4.69) is 0 Å². The van der Waals surface area contributed by atoms with Gasteiger partial charge in [-0.1, -0.05) is 0 Å². The summed E-state index contributed by atoms with van der Waals surface area (Å²) < 4.78 is 32.7. The minimum absolute atomic E-state index is 0.359. The number of phenols is 3. The summed E-state index contributed by atoms with van der Waals surface area (Å²) >= 11 is 0. The molecule has 26 heavy (non-hydrogen) atoms. The third kappa shape index (κ3) is 2.60. The number of benzene rings is 2. The van der Waals surface area contributed by atoms with Gasteiger partial charge in [-0.05, 0) is 6.07 Å². The van der Waals surface area contributed by atoms with Gasteiger partial charge in [0.15, 0.2) is 11.5 Å². The fourth-order valence-corrected chi connectivity index (χ4v) is 3.36.